The lowest BCUT2D eigenvalue weighted by Crippen LogP contribution is -2.29. The molecule has 0 aliphatic carbocycles. The standard InChI is InChI=1S/C9H10Cl2N2O/c10-6-1-2-8(11)7(5-6)9(14)13-4-3-12/h1-2,5H,3-4,12H2,(H,13,14). The summed E-state index contributed by atoms with van der Waals surface area (Å²) in [6.45, 7) is 0.811. The zero-order valence-electron chi connectivity index (χ0n) is 7.39. The monoisotopic (exact) mass is 232 g/mol. The Bertz CT molecular complexity index is 342. The fourth-order valence-electron chi connectivity index (χ4n) is 0.952. The summed E-state index contributed by atoms with van der Waals surface area (Å²) in [5, 5.41) is 3.47. The first-order chi connectivity index (χ1) is 6.65. The van der Waals surface area contributed by atoms with Crippen molar-refractivity contribution in [2.24, 2.45) is 5.73 Å². The first-order valence-electron chi connectivity index (χ1n) is 4.08. The van der Waals surface area contributed by atoms with E-state index in [0.29, 0.717) is 28.7 Å². The highest BCUT2D eigenvalue weighted by Gasteiger charge is 2.09. The van der Waals surface area contributed by atoms with Gasteiger partial charge in [-0.3, -0.25) is 4.79 Å². The largest absolute Gasteiger partial charge is 0.351 e. The lowest BCUT2D eigenvalue weighted by Gasteiger charge is -2.05. The van der Waals surface area contributed by atoms with Gasteiger partial charge in [0.2, 0.25) is 0 Å². The van der Waals surface area contributed by atoms with Gasteiger partial charge in [-0.2, -0.15) is 0 Å². The second kappa shape index (κ2) is 5.20. The molecule has 1 rings (SSSR count). The van der Waals surface area contributed by atoms with Gasteiger partial charge < -0.3 is 11.1 Å². The second-order valence-corrected chi connectivity index (χ2v) is 3.51. The highest BCUT2D eigenvalue weighted by atomic mass is 35.5. The number of nitrogens with one attached hydrogen (secondary N) is 1. The Hall–Kier alpha value is -0.770. The first kappa shape index (κ1) is 11.3. The summed E-state index contributed by atoms with van der Waals surface area (Å²) in [4.78, 5) is 11.5. The van der Waals surface area contributed by atoms with E-state index in [1.807, 2.05) is 0 Å². The summed E-state index contributed by atoms with van der Waals surface area (Å²) in [6, 6.07) is 4.74. The molecule has 76 valence electrons. The number of hydrogen-bond donors (Lipinski definition) is 2. The molecule has 5 heteroatoms. The van der Waals surface area contributed by atoms with Crippen LogP contribution in [0.3, 0.4) is 0 Å². The molecule has 0 fully saturated rings. The lowest BCUT2D eigenvalue weighted by molar-refractivity contribution is 0.0955. The van der Waals surface area contributed by atoms with Crippen LogP contribution in [0.5, 0.6) is 0 Å². The number of amides is 1. The molecule has 1 aromatic carbocycles. The van der Waals surface area contributed by atoms with Crippen LogP contribution in [-0.2, 0) is 0 Å². The van der Waals surface area contributed by atoms with Gasteiger partial charge in [-0.1, -0.05) is 23.2 Å². The Labute approximate surface area is 92.2 Å². The number of carbonyl (C=O) groups is 1. The Morgan fingerprint density at radius 1 is 1.43 bits per heavy atom. The molecule has 0 saturated carbocycles. The van der Waals surface area contributed by atoms with Gasteiger partial charge in [0, 0.05) is 18.1 Å². The SMILES string of the molecule is NCCNC(=O)c1cc(Cl)ccc1Cl. The fourth-order valence-corrected chi connectivity index (χ4v) is 1.33. The Kier molecular flexibility index (Phi) is 4.20. The van der Waals surface area contributed by atoms with E-state index < -0.39 is 0 Å². The average molecular weight is 233 g/mol. The smallest absolute Gasteiger partial charge is 0.252 e. The zero-order chi connectivity index (χ0) is 10.6. The third-order valence-electron chi connectivity index (χ3n) is 1.60. The maximum atomic E-state index is 11.5. The molecule has 0 radical (unpaired) electrons. The van der Waals surface area contributed by atoms with E-state index in [1.165, 1.54) is 6.07 Å². The second-order valence-electron chi connectivity index (χ2n) is 2.67. The topological polar surface area (TPSA) is 55.1 Å². The molecule has 0 spiro atoms. The maximum absolute atomic E-state index is 11.5. The molecule has 0 aliphatic rings. The van der Waals surface area contributed by atoms with Crippen molar-refractivity contribution in [2.45, 2.75) is 0 Å². The number of halogens is 2. The molecule has 0 saturated heterocycles. The molecule has 0 heterocycles. The van der Waals surface area contributed by atoms with Crippen molar-refractivity contribution in [3.05, 3.63) is 33.8 Å². The molecule has 0 aliphatic heterocycles. The molecule has 3 nitrogen and oxygen atoms in total. The van der Waals surface area contributed by atoms with Gasteiger partial charge in [0.1, 0.15) is 0 Å². The molecule has 14 heavy (non-hydrogen) atoms. The summed E-state index contributed by atoms with van der Waals surface area (Å²) in [6.07, 6.45) is 0. The van der Waals surface area contributed by atoms with Crippen molar-refractivity contribution in [3.63, 3.8) is 0 Å². The van der Waals surface area contributed by atoms with Crippen LogP contribution in [0.2, 0.25) is 10.0 Å². The van der Waals surface area contributed by atoms with Crippen LogP contribution in [0.1, 0.15) is 10.4 Å². The molecular formula is C9H10Cl2N2O. The van der Waals surface area contributed by atoms with E-state index in [9.17, 15) is 4.79 Å². The Balaban J connectivity index is 2.83. The first-order valence-corrected chi connectivity index (χ1v) is 4.84. The van der Waals surface area contributed by atoms with Crippen LogP contribution in [0.4, 0.5) is 0 Å². The van der Waals surface area contributed by atoms with E-state index in [0.717, 1.165) is 0 Å². The predicted octanol–water partition coefficient (Wildman–Crippen LogP) is 1.68. The van der Waals surface area contributed by atoms with Gasteiger partial charge in [0.15, 0.2) is 0 Å². The van der Waals surface area contributed by atoms with Crippen molar-refractivity contribution < 1.29 is 4.79 Å². The quantitative estimate of drug-likeness (QED) is 0.834. The van der Waals surface area contributed by atoms with Crippen LogP contribution in [0.15, 0.2) is 18.2 Å². The molecule has 1 amide bonds. The minimum Gasteiger partial charge on any atom is -0.351 e. The summed E-state index contributed by atoms with van der Waals surface area (Å²) >= 11 is 11.6. The highest BCUT2D eigenvalue weighted by Crippen LogP contribution is 2.20. The van der Waals surface area contributed by atoms with E-state index in [1.54, 1.807) is 12.1 Å². The van der Waals surface area contributed by atoms with Crippen LogP contribution >= 0.6 is 23.2 Å². The summed E-state index contributed by atoms with van der Waals surface area (Å²) in [5.41, 5.74) is 5.62. The number of nitrogens with two attached hydrogens (primary N) is 1. The minimum atomic E-state index is -0.261. The van der Waals surface area contributed by atoms with E-state index in [2.05, 4.69) is 5.32 Å². The Morgan fingerprint density at radius 3 is 2.79 bits per heavy atom. The van der Waals surface area contributed by atoms with Gasteiger partial charge in [-0.05, 0) is 18.2 Å². The molecule has 0 bridgehead atoms. The molecule has 0 unspecified atom stereocenters. The van der Waals surface area contributed by atoms with Crippen molar-refractivity contribution in [1.29, 1.82) is 0 Å². The van der Waals surface area contributed by atoms with Crippen LogP contribution in [-0.4, -0.2) is 19.0 Å². The normalized spacial score (nSPS) is 9.93. The predicted molar refractivity (Wildman–Crippen MR) is 57.8 cm³/mol. The molecule has 0 atom stereocenters. The molecule has 1 aromatic rings. The van der Waals surface area contributed by atoms with Gasteiger partial charge >= 0.3 is 0 Å². The van der Waals surface area contributed by atoms with Crippen LogP contribution in [0, 0.1) is 0 Å². The summed E-state index contributed by atoms with van der Waals surface area (Å²) in [7, 11) is 0. The van der Waals surface area contributed by atoms with Crippen LogP contribution in [0.25, 0.3) is 0 Å². The third-order valence-corrected chi connectivity index (χ3v) is 2.17. The third kappa shape index (κ3) is 2.87. The van der Waals surface area contributed by atoms with E-state index in [-0.39, 0.29) is 5.91 Å². The van der Waals surface area contributed by atoms with Crippen molar-refractivity contribution >= 4 is 29.1 Å². The highest BCUT2D eigenvalue weighted by molar-refractivity contribution is 6.35. The minimum absolute atomic E-state index is 0.261. The number of benzene rings is 1. The average Bonchev–Trinajstić information content (AvgIpc) is 2.18. The van der Waals surface area contributed by atoms with Crippen molar-refractivity contribution in [3.8, 4) is 0 Å². The van der Waals surface area contributed by atoms with Crippen molar-refractivity contribution in [2.75, 3.05) is 13.1 Å². The number of carbonyl (C=O) groups excluding carboxylic acids is 1. The van der Waals surface area contributed by atoms with Gasteiger partial charge in [-0.25, -0.2) is 0 Å². The van der Waals surface area contributed by atoms with Gasteiger partial charge in [-0.15, -0.1) is 0 Å². The van der Waals surface area contributed by atoms with Gasteiger partial charge in [0.05, 0.1) is 10.6 Å². The zero-order valence-corrected chi connectivity index (χ0v) is 8.90. The summed E-state index contributed by atoms with van der Waals surface area (Å²) < 4.78 is 0. The molecule has 0 aromatic heterocycles. The number of rotatable bonds is 3. The summed E-state index contributed by atoms with van der Waals surface area (Å²) in [5.74, 6) is -0.261. The van der Waals surface area contributed by atoms with Crippen molar-refractivity contribution in [1.82, 2.24) is 5.32 Å². The molecular weight excluding hydrogens is 223 g/mol. The molecule has 3 N–H and O–H groups in total. The number of hydrogen-bond acceptors (Lipinski definition) is 2. The van der Waals surface area contributed by atoms with Gasteiger partial charge in [0.25, 0.3) is 5.91 Å². The lowest BCUT2D eigenvalue weighted by atomic mass is 10.2. The Morgan fingerprint density at radius 2 is 2.14 bits per heavy atom. The van der Waals surface area contributed by atoms with E-state index >= 15 is 0 Å². The fraction of sp³-hybridized carbons (Fsp3) is 0.222. The maximum Gasteiger partial charge on any atom is 0.252 e. The van der Waals surface area contributed by atoms with Crippen LogP contribution < -0.4 is 11.1 Å². The van der Waals surface area contributed by atoms with E-state index in [4.69, 9.17) is 28.9 Å².